The zero-order valence-corrected chi connectivity index (χ0v) is 19.9. The van der Waals surface area contributed by atoms with Gasteiger partial charge in [0.2, 0.25) is 0 Å². The highest BCUT2D eigenvalue weighted by Crippen LogP contribution is 2.46. The van der Waals surface area contributed by atoms with Crippen molar-refractivity contribution in [2.45, 2.75) is 39.5 Å². The van der Waals surface area contributed by atoms with Gasteiger partial charge in [0.1, 0.15) is 0 Å². The second-order valence-electron chi connectivity index (χ2n) is 8.61. The number of rotatable bonds is 10. The summed E-state index contributed by atoms with van der Waals surface area (Å²) in [7, 11) is 0. The number of nitrogens with one attached hydrogen (secondary N) is 1. The van der Waals surface area contributed by atoms with E-state index in [0.717, 1.165) is 56.0 Å². The Morgan fingerprint density at radius 2 is 1.71 bits per heavy atom. The predicted molar refractivity (Wildman–Crippen MR) is 137 cm³/mol. The van der Waals surface area contributed by atoms with Crippen LogP contribution in [0, 0.1) is 10.1 Å². The number of nitro groups is 1. The third kappa shape index (κ3) is 5.21. The Hall–Kier alpha value is -4.07. The molecule has 4 rings (SSSR count). The Kier molecular flexibility index (Phi) is 7.19. The van der Waals surface area contributed by atoms with E-state index in [1.807, 2.05) is 18.2 Å². The van der Waals surface area contributed by atoms with Crippen LogP contribution >= 0.6 is 0 Å². The molecule has 2 N–H and O–H groups in total. The average Bonchev–Trinajstić information content (AvgIpc) is 2.86. The fourth-order valence-electron chi connectivity index (χ4n) is 4.18. The number of unbranched alkanes of at least 4 members (excludes halogenated alkanes) is 2. The summed E-state index contributed by atoms with van der Waals surface area (Å²) < 4.78 is 5.86. The zero-order chi connectivity index (χ0) is 24.9. The maximum absolute atomic E-state index is 11.8. The van der Waals surface area contributed by atoms with Gasteiger partial charge in [-0.3, -0.25) is 10.1 Å². The van der Waals surface area contributed by atoms with Crippen LogP contribution in [0.4, 0.5) is 22.7 Å². The van der Waals surface area contributed by atoms with Crippen LogP contribution in [0.2, 0.25) is 0 Å². The molecule has 182 valence electrons. The minimum absolute atomic E-state index is 0.112. The van der Waals surface area contributed by atoms with Crippen molar-refractivity contribution in [1.82, 2.24) is 0 Å². The molecule has 0 bridgehead atoms. The number of anilines is 3. The first-order chi connectivity index (χ1) is 16.9. The molecule has 8 heteroatoms. The molecule has 8 nitrogen and oxygen atoms in total. The number of nitrogens with zero attached hydrogens (tertiary/aromatic N) is 2. The standard InChI is InChI=1S/C27H29N3O5/c1-3-5-12-29(13-6-4-2)20-9-7-8-18(14-20)19-10-11-24-23(15-19)28-26-22(27(31)32)16-21(30(33)34)17-25(26)35-24/h7-11,14-17,28H,3-6,12-13H2,1-2H3,(H,31,32). The highest BCUT2D eigenvalue weighted by molar-refractivity contribution is 5.99. The van der Waals surface area contributed by atoms with Gasteiger partial charge in [-0.05, 0) is 48.2 Å². The third-order valence-electron chi connectivity index (χ3n) is 6.10. The molecule has 3 aromatic rings. The molecule has 0 spiro atoms. The molecular weight excluding hydrogens is 446 g/mol. The van der Waals surface area contributed by atoms with Crippen molar-refractivity contribution in [3.05, 3.63) is 70.3 Å². The summed E-state index contributed by atoms with van der Waals surface area (Å²) in [5, 5.41) is 24.0. The minimum atomic E-state index is -1.27. The van der Waals surface area contributed by atoms with Gasteiger partial charge < -0.3 is 20.1 Å². The van der Waals surface area contributed by atoms with Crippen LogP contribution in [0.1, 0.15) is 49.9 Å². The number of carboxylic acid groups (broad SMARTS) is 1. The summed E-state index contributed by atoms with van der Waals surface area (Å²) in [6.07, 6.45) is 4.55. The number of benzene rings is 3. The number of aromatic carboxylic acids is 1. The second-order valence-corrected chi connectivity index (χ2v) is 8.61. The van der Waals surface area contributed by atoms with Gasteiger partial charge >= 0.3 is 5.97 Å². The molecule has 0 fully saturated rings. The molecule has 1 aliphatic rings. The number of hydrogen-bond donors (Lipinski definition) is 2. The van der Waals surface area contributed by atoms with Gasteiger partial charge in [0, 0.05) is 24.8 Å². The van der Waals surface area contributed by atoms with E-state index in [0.29, 0.717) is 11.4 Å². The fraction of sp³-hybridized carbons (Fsp3) is 0.296. The topological polar surface area (TPSA) is 105 Å². The Morgan fingerprint density at radius 3 is 2.37 bits per heavy atom. The lowest BCUT2D eigenvalue weighted by atomic mass is 10.0. The van der Waals surface area contributed by atoms with E-state index in [9.17, 15) is 20.0 Å². The SMILES string of the molecule is CCCCN(CCCC)c1cccc(-c2ccc3c(c2)Nc2c(cc([N+](=O)[O-])cc2C(=O)O)O3)c1. The van der Waals surface area contributed by atoms with Gasteiger partial charge in [0.25, 0.3) is 5.69 Å². The van der Waals surface area contributed by atoms with Crippen LogP contribution in [0.25, 0.3) is 11.1 Å². The van der Waals surface area contributed by atoms with Crippen LogP contribution in [0.3, 0.4) is 0 Å². The molecule has 0 atom stereocenters. The van der Waals surface area contributed by atoms with E-state index in [-0.39, 0.29) is 22.7 Å². The van der Waals surface area contributed by atoms with Crippen molar-refractivity contribution in [2.75, 3.05) is 23.3 Å². The summed E-state index contributed by atoms with van der Waals surface area (Å²) in [5.74, 6) is -0.685. The molecule has 1 heterocycles. The largest absolute Gasteiger partial charge is 0.478 e. The molecule has 35 heavy (non-hydrogen) atoms. The van der Waals surface area contributed by atoms with E-state index in [1.165, 1.54) is 11.8 Å². The van der Waals surface area contributed by atoms with Gasteiger partial charge in [-0.2, -0.15) is 0 Å². The predicted octanol–water partition coefficient (Wildman–Crippen LogP) is 7.22. The first-order valence-corrected chi connectivity index (χ1v) is 11.9. The number of fused-ring (bicyclic) bond motifs is 2. The van der Waals surface area contributed by atoms with Crippen molar-refractivity contribution in [1.29, 1.82) is 0 Å². The van der Waals surface area contributed by atoms with Crippen LogP contribution in [0.15, 0.2) is 54.6 Å². The lowest BCUT2D eigenvalue weighted by Crippen LogP contribution is -2.25. The fourth-order valence-corrected chi connectivity index (χ4v) is 4.18. The van der Waals surface area contributed by atoms with E-state index in [4.69, 9.17) is 4.74 Å². The number of carboxylic acids is 1. The summed E-state index contributed by atoms with van der Waals surface area (Å²) >= 11 is 0. The third-order valence-corrected chi connectivity index (χ3v) is 6.10. The van der Waals surface area contributed by atoms with Crippen LogP contribution < -0.4 is 15.0 Å². The van der Waals surface area contributed by atoms with Gasteiger partial charge in [-0.15, -0.1) is 0 Å². The molecule has 0 aliphatic carbocycles. The van der Waals surface area contributed by atoms with Crippen molar-refractivity contribution in [2.24, 2.45) is 0 Å². The number of ether oxygens (including phenoxy) is 1. The molecule has 1 aliphatic heterocycles. The molecule has 0 aromatic heterocycles. The van der Waals surface area contributed by atoms with E-state index < -0.39 is 10.9 Å². The lowest BCUT2D eigenvalue weighted by Gasteiger charge is -2.26. The zero-order valence-electron chi connectivity index (χ0n) is 19.9. The highest BCUT2D eigenvalue weighted by Gasteiger charge is 2.27. The summed E-state index contributed by atoms with van der Waals surface area (Å²) in [4.78, 5) is 24.8. The molecule has 0 unspecified atom stereocenters. The van der Waals surface area contributed by atoms with E-state index in [2.05, 4.69) is 42.3 Å². The Bertz CT molecular complexity index is 1250. The number of non-ortho nitro benzene ring substituents is 1. The van der Waals surface area contributed by atoms with Crippen molar-refractivity contribution in [3.8, 4) is 22.6 Å². The lowest BCUT2D eigenvalue weighted by molar-refractivity contribution is -0.384. The number of carbonyl (C=O) groups is 1. The second kappa shape index (κ2) is 10.5. The van der Waals surface area contributed by atoms with E-state index >= 15 is 0 Å². The number of hydrogen-bond acceptors (Lipinski definition) is 6. The molecular formula is C27H29N3O5. The van der Waals surface area contributed by atoms with Gasteiger partial charge in [-0.1, -0.05) is 44.9 Å². The van der Waals surface area contributed by atoms with Gasteiger partial charge in [0.05, 0.1) is 27.9 Å². The quantitative estimate of drug-likeness (QED) is 0.184. The summed E-state index contributed by atoms with van der Waals surface area (Å²) in [6, 6.07) is 16.3. The first kappa shape index (κ1) is 24.1. The molecule has 3 aromatic carbocycles. The monoisotopic (exact) mass is 475 g/mol. The molecule has 0 amide bonds. The first-order valence-electron chi connectivity index (χ1n) is 11.9. The Balaban J connectivity index is 1.66. The molecule has 0 saturated heterocycles. The summed E-state index contributed by atoms with van der Waals surface area (Å²) in [6.45, 7) is 6.42. The summed E-state index contributed by atoms with van der Waals surface area (Å²) in [5.41, 5.74) is 3.42. The average molecular weight is 476 g/mol. The van der Waals surface area contributed by atoms with Crippen molar-refractivity contribution in [3.63, 3.8) is 0 Å². The minimum Gasteiger partial charge on any atom is -0.478 e. The molecule has 0 saturated carbocycles. The Morgan fingerprint density at radius 1 is 1.00 bits per heavy atom. The van der Waals surface area contributed by atoms with Gasteiger partial charge in [-0.25, -0.2) is 4.79 Å². The van der Waals surface area contributed by atoms with Gasteiger partial charge in [0.15, 0.2) is 11.5 Å². The Labute approximate surface area is 204 Å². The van der Waals surface area contributed by atoms with Crippen molar-refractivity contribution < 1.29 is 19.6 Å². The van der Waals surface area contributed by atoms with E-state index in [1.54, 1.807) is 6.07 Å². The highest BCUT2D eigenvalue weighted by atomic mass is 16.6. The normalized spacial score (nSPS) is 11.6. The van der Waals surface area contributed by atoms with Crippen LogP contribution in [0.5, 0.6) is 11.5 Å². The number of nitro benzene ring substituents is 1. The molecule has 0 radical (unpaired) electrons. The van der Waals surface area contributed by atoms with Crippen LogP contribution in [-0.2, 0) is 0 Å². The van der Waals surface area contributed by atoms with Crippen molar-refractivity contribution >= 4 is 28.7 Å². The maximum atomic E-state index is 11.8. The van der Waals surface area contributed by atoms with Crippen LogP contribution in [-0.4, -0.2) is 29.1 Å². The maximum Gasteiger partial charge on any atom is 0.338 e. The smallest absolute Gasteiger partial charge is 0.338 e.